The fraction of sp³-hybridized carbons (Fsp3) is 0.125. The fourth-order valence-electron chi connectivity index (χ4n) is 0.511. The van der Waals surface area contributed by atoms with E-state index >= 15 is 0 Å². The van der Waals surface area contributed by atoms with E-state index in [-0.39, 0.29) is 0 Å². The van der Waals surface area contributed by atoms with Crippen LogP contribution in [0, 0.1) is 0 Å². The molecule has 66 valence electrons. The van der Waals surface area contributed by atoms with Gasteiger partial charge >= 0.3 is 0 Å². The van der Waals surface area contributed by atoms with Gasteiger partial charge in [-0.2, -0.15) is 0 Å². The van der Waals surface area contributed by atoms with Crippen LogP contribution in [0.5, 0.6) is 0 Å². The Balaban J connectivity index is 0.000000261. The Labute approximate surface area is 70.8 Å². The Morgan fingerprint density at radius 3 is 1.67 bits per heavy atom. The third kappa shape index (κ3) is 5.10. The number of nitrogens with two attached hydrogens (primary N) is 2. The number of carboxylic acids is 1. The first-order chi connectivity index (χ1) is 5.54. The van der Waals surface area contributed by atoms with E-state index in [1.54, 1.807) is 12.1 Å². The number of aliphatic carboxylic acids is 1. The van der Waals surface area contributed by atoms with Gasteiger partial charge in [-0.15, -0.1) is 0 Å². The van der Waals surface area contributed by atoms with Crippen molar-refractivity contribution in [3.05, 3.63) is 24.3 Å². The van der Waals surface area contributed by atoms with E-state index in [1.807, 2.05) is 12.1 Å². The maximum absolute atomic E-state index is 9.00. The predicted molar refractivity (Wildman–Crippen MR) is 48.6 cm³/mol. The third-order valence-corrected chi connectivity index (χ3v) is 0.996. The molecule has 0 saturated heterocycles. The number of carboxylic acid groups (broad SMARTS) is 1. The molecular weight excluding hydrogens is 156 g/mol. The lowest BCUT2D eigenvalue weighted by Gasteiger charge is -1.94. The molecule has 0 heterocycles. The van der Waals surface area contributed by atoms with Crippen LogP contribution in [0.1, 0.15) is 6.92 Å². The lowest BCUT2D eigenvalue weighted by Crippen LogP contribution is -1.91. The van der Waals surface area contributed by atoms with Crippen molar-refractivity contribution in [1.29, 1.82) is 0 Å². The molecule has 0 radical (unpaired) electrons. The molecule has 4 heteroatoms. The molecule has 5 N–H and O–H groups in total. The van der Waals surface area contributed by atoms with Crippen LogP contribution < -0.4 is 11.5 Å². The Kier molecular flexibility index (Phi) is 4.30. The van der Waals surface area contributed by atoms with E-state index in [2.05, 4.69) is 0 Å². The summed E-state index contributed by atoms with van der Waals surface area (Å²) in [4.78, 5) is 9.00. The summed E-state index contributed by atoms with van der Waals surface area (Å²) in [5.41, 5.74) is 12.1. The van der Waals surface area contributed by atoms with Crippen LogP contribution >= 0.6 is 0 Å². The minimum Gasteiger partial charge on any atom is -0.481 e. The number of carbonyl (C=O) groups is 1. The minimum absolute atomic E-state index is 0.646. The summed E-state index contributed by atoms with van der Waals surface area (Å²) in [6, 6.07) is 7.25. The average Bonchev–Trinajstić information content (AvgIpc) is 1.94. The molecule has 0 unspecified atom stereocenters. The van der Waals surface area contributed by atoms with Crippen molar-refractivity contribution in [2.75, 3.05) is 11.5 Å². The van der Waals surface area contributed by atoms with E-state index in [1.165, 1.54) is 0 Å². The average molecular weight is 168 g/mol. The number of anilines is 2. The van der Waals surface area contributed by atoms with Crippen LogP contribution in [0.15, 0.2) is 24.3 Å². The van der Waals surface area contributed by atoms with Crippen molar-refractivity contribution in [2.45, 2.75) is 6.92 Å². The number of rotatable bonds is 0. The summed E-state index contributed by atoms with van der Waals surface area (Å²) in [5, 5.41) is 7.42. The summed E-state index contributed by atoms with van der Waals surface area (Å²) in [6.07, 6.45) is 0. The zero-order valence-corrected chi connectivity index (χ0v) is 6.82. The smallest absolute Gasteiger partial charge is 0.300 e. The molecule has 0 spiro atoms. The van der Waals surface area contributed by atoms with Gasteiger partial charge in [-0.05, 0) is 12.1 Å². The maximum Gasteiger partial charge on any atom is 0.300 e. The highest BCUT2D eigenvalue weighted by molar-refractivity contribution is 5.63. The lowest BCUT2D eigenvalue weighted by atomic mass is 10.3. The van der Waals surface area contributed by atoms with Gasteiger partial charge in [-0.3, -0.25) is 4.79 Å². The molecule has 1 aromatic rings. The molecule has 4 nitrogen and oxygen atoms in total. The van der Waals surface area contributed by atoms with E-state index in [0.717, 1.165) is 6.92 Å². The fourth-order valence-corrected chi connectivity index (χ4v) is 0.511. The van der Waals surface area contributed by atoms with Gasteiger partial charge in [0.25, 0.3) is 5.97 Å². The van der Waals surface area contributed by atoms with Gasteiger partial charge in [0.1, 0.15) is 0 Å². The van der Waals surface area contributed by atoms with E-state index in [9.17, 15) is 0 Å². The lowest BCUT2D eigenvalue weighted by molar-refractivity contribution is -0.134. The third-order valence-electron chi connectivity index (χ3n) is 0.996. The van der Waals surface area contributed by atoms with Crippen molar-refractivity contribution in [2.24, 2.45) is 0 Å². The van der Waals surface area contributed by atoms with Gasteiger partial charge in [-0.1, -0.05) is 12.1 Å². The number of hydrogen-bond donors (Lipinski definition) is 3. The molecule has 0 aromatic heterocycles. The van der Waals surface area contributed by atoms with Crippen LogP contribution in [-0.2, 0) is 4.79 Å². The molecule has 12 heavy (non-hydrogen) atoms. The zero-order chi connectivity index (χ0) is 9.56. The van der Waals surface area contributed by atoms with Crippen LogP contribution in [0.4, 0.5) is 11.4 Å². The van der Waals surface area contributed by atoms with Gasteiger partial charge in [-0.25, -0.2) is 0 Å². The molecule has 0 saturated carbocycles. The largest absolute Gasteiger partial charge is 0.481 e. The highest BCUT2D eigenvalue weighted by Crippen LogP contribution is 2.10. The number of nitrogen functional groups attached to an aromatic ring is 2. The summed E-state index contributed by atoms with van der Waals surface area (Å²) < 4.78 is 0. The minimum atomic E-state index is -0.833. The molecular formula is C8H12N2O2. The first kappa shape index (κ1) is 10.3. The standard InChI is InChI=1S/C6H8N2.C2H4O2/c7-5-3-1-2-4-6(5)8;1-2(3)4/h1-4H,7-8H2;1H3,(H,3,4). The molecule has 0 aliphatic heterocycles. The molecule has 0 amide bonds. The van der Waals surface area contributed by atoms with Crippen molar-refractivity contribution < 1.29 is 9.90 Å². The van der Waals surface area contributed by atoms with Crippen molar-refractivity contribution in [1.82, 2.24) is 0 Å². The second-order valence-corrected chi connectivity index (χ2v) is 2.15. The first-order valence-corrected chi connectivity index (χ1v) is 3.33. The molecule has 0 aliphatic carbocycles. The predicted octanol–water partition coefficient (Wildman–Crippen LogP) is 0.942. The second-order valence-electron chi connectivity index (χ2n) is 2.15. The second kappa shape index (κ2) is 5.01. The van der Waals surface area contributed by atoms with Gasteiger partial charge in [0.15, 0.2) is 0 Å². The van der Waals surface area contributed by atoms with Crippen LogP contribution in [0.2, 0.25) is 0 Å². The number of hydrogen-bond acceptors (Lipinski definition) is 3. The highest BCUT2D eigenvalue weighted by Gasteiger charge is 1.85. The Hall–Kier alpha value is -1.71. The topological polar surface area (TPSA) is 89.3 Å². The zero-order valence-electron chi connectivity index (χ0n) is 6.82. The number of para-hydroxylation sites is 2. The molecule has 1 aromatic carbocycles. The maximum atomic E-state index is 9.00. The van der Waals surface area contributed by atoms with Gasteiger partial charge in [0.2, 0.25) is 0 Å². The van der Waals surface area contributed by atoms with Crippen molar-refractivity contribution in [3.8, 4) is 0 Å². The molecule has 0 fully saturated rings. The van der Waals surface area contributed by atoms with Gasteiger partial charge < -0.3 is 16.6 Å². The molecule has 1 rings (SSSR count). The summed E-state index contributed by atoms with van der Waals surface area (Å²) in [5.74, 6) is -0.833. The van der Waals surface area contributed by atoms with Gasteiger partial charge in [0, 0.05) is 6.92 Å². The Bertz CT molecular complexity index is 236. The Morgan fingerprint density at radius 1 is 1.25 bits per heavy atom. The molecule has 0 bridgehead atoms. The van der Waals surface area contributed by atoms with Crippen molar-refractivity contribution in [3.63, 3.8) is 0 Å². The summed E-state index contributed by atoms with van der Waals surface area (Å²) in [7, 11) is 0. The van der Waals surface area contributed by atoms with E-state index in [0.29, 0.717) is 11.4 Å². The normalized spacial score (nSPS) is 8.08. The molecule has 0 aliphatic rings. The van der Waals surface area contributed by atoms with Crippen LogP contribution in [0.25, 0.3) is 0 Å². The number of benzene rings is 1. The van der Waals surface area contributed by atoms with E-state index < -0.39 is 5.97 Å². The monoisotopic (exact) mass is 168 g/mol. The SMILES string of the molecule is CC(=O)O.Nc1ccccc1N. The highest BCUT2D eigenvalue weighted by atomic mass is 16.4. The van der Waals surface area contributed by atoms with Crippen LogP contribution in [-0.4, -0.2) is 11.1 Å². The Morgan fingerprint density at radius 2 is 1.50 bits per heavy atom. The first-order valence-electron chi connectivity index (χ1n) is 3.33. The molecule has 0 atom stereocenters. The quantitative estimate of drug-likeness (QED) is 0.503. The summed E-state index contributed by atoms with van der Waals surface area (Å²) in [6.45, 7) is 1.08. The van der Waals surface area contributed by atoms with Crippen LogP contribution in [0.3, 0.4) is 0 Å². The van der Waals surface area contributed by atoms with Crippen molar-refractivity contribution >= 4 is 17.3 Å². The van der Waals surface area contributed by atoms with E-state index in [4.69, 9.17) is 21.4 Å². The summed E-state index contributed by atoms with van der Waals surface area (Å²) >= 11 is 0. The van der Waals surface area contributed by atoms with Gasteiger partial charge in [0.05, 0.1) is 11.4 Å².